The van der Waals surface area contributed by atoms with E-state index in [0.717, 1.165) is 32.5 Å². The van der Waals surface area contributed by atoms with Crippen LogP contribution in [0.15, 0.2) is 43.0 Å². The number of alkyl halides is 1. The Hall–Kier alpha value is -2.53. The van der Waals surface area contributed by atoms with E-state index in [1.165, 1.54) is 16.9 Å². The zero-order valence-corrected chi connectivity index (χ0v) is 15.5. The first-order valence-corrected chi connectivity index (χ1v) is 9.36. The lowest BCUT2D eigenvalue weighted by Gasteiger charge is -2.09. The largest absolute Gasteiger partial charge is 0.302 e. The predicted molar refractivity (Wildman–Crippen MR) is 106 cm³/mol. The Balaban J connectivity index is 1.66. The Labute approximate surface area is 155 Å². The molecule has 1 aliphatic carbocycles. The molecule has 5 heteroatoms. The molecule has 1 fully saturated rings. The smallest absolute Gasteiger partial charge is 0.232 e. The maximum atomic E-state index is 13.0. The summed E-state index contributed by atoms with van der Waals surface area (Å²) in [5.41, 5.74) is 6.43. The van der Waals surface area contributed by atoms with Crippen molar-refractivity contribution in [1.29, 1.82) is 0 Å². The number of benzene rings is 2. The molecular formula is C21H19FN2OS. The number of carbonyl (C=O) groups is 1. The normalized spacial score (nSPS) is 18.7. The topological polar surface area (TPSA) is 42.0 Å². The first kappa shape index (κ1) is 16.9. The van der Waals surface area contributed by atoms with E-state index >= 15 is 0 Å². The lowest BCUT2D eigenvalue weighted by atomic mass is 9.96. The van der Waals surface area contributed by atoms with Crippen molar-refractivity contribution in [3.8, 4) is 11.1 Å². The third-order valence-corrected chi connectivity index (χ3v) is 5.64. The summed E-state index contributed by atoms with van der Waals surface area (Å²) < 4.78 is 14.0. The number of hydrogen-bond acceptors (Lipinski definition) is 3. The molecule has 1 heterocycles. The third kappa shape index (κ3) is 3.15. The van der Waals surface area contributed by atoms with E-state index in [1.807, 2.05) is 19.1 Å². The maximum absolute atomic E-state index is 13.0. The van der Waals surface area contributed by atoms with Gasteiger partial charge in [0, 0.05) is 0 Å². The average molecular weight is 366 g/mol. The van der Waals surface area contributed by atoms with Crippen molar-refractivity contribution in [2.45, 2.75) is 26.4 Å². The van der Waals surface area contributed by atoms with Crippen LogP contribution in [0.4, 0.5) is 9.52 Å². The molecule has 26 heavy (non-hydrogen) atoms. The van der Waals surface area contributed by atoms with Gasteiger partial charge in [-0.3, -0.25) is 4.79 Å². The highest BCUT2D eigenvalue weighted by atomic mass is 32.1. The van der Waals surface area contributed by atoms with Gasteiger partial charge in [-0.05, 0) is 60.7 Å². The highest BCUT2D eigenvalue weighted by Crippen LogP contribution is 2.36. The maximum Gasteiger partial charge on any atom is 0.232 e. The molecular weight excluding hydrogens is 347 g/mol. The molecule has 2 unspecified atom stereocenters. The van der Waals surface area contributed by atoms with E-state index in [2.05, 4.69) is 48.1 Å². The molecule has 2 aromatic carbocycles. The number of nitrogens with zero attached hydrogens (tertiary/aromatic N) is 1. The van der Waals surface area contributed by atoms with Gasteiger partial charge < -0.3 is 5.32 Å². The first-order chi connectivity index (χ1) is 12.4. The van der Waals surface area contributed by atoms with Crippen molar-refractivity contribution in [1.82, 2.24) is 4.98 Å². The fourth-order valence-electron chi connectivity index (χ4n) is 2.98. The van der Waals surface area contributed by atoms with Crippen LogP contribution in [0.2, 0.25) is 0 Å². The average Bonchev–Trinajstić information content (AvgIpc) is 3.20. The summed E-state index contributed by atoms with van der Waals surface area (Å²) in [5.74, 6) is -0.785. The van der Waals surface area contributed by atoms with Crippen LogP contribution in [0.25, 0.3) is 26.9 Å². The number of anilines is 1. The third-order valence-electron chi connectivity index (χ3n) is 4.71. The number of aromatic nitrogens is 1. The van der Waals surface area contributed by atoms with Crippen molar-refractivity contribution in [3.05, 3.63) is 54.1 Å². The number of halogens is 1. The molecule has 1 saturated carbocycles. The van der Waals surface area contributed by atoms with Crippen molar-refractivity contribution in [2.24, 2.45) is 5.92 Å². The molecule has 3 nitrogen and oxygen atoms in total. The van der Waals surface area contributed by atoms with Gasteiger partial charge in [-0.1, -0.05) is 41.7 Å². The summed E-state index contributed by atoms with van der Waals surface area (Å²) in [6.07, 6.45) is -0.682. The molecule has 0 bridgehead atoms. The summed E-state index contributed by atoms with van der Waals surface area (Å²) in [4.78, 5) is 16.3. The van der Waals surface area contributed by atoms with Crippen LogP contribution >= 0.6 is 11.3 Å². The molecule has 4 rings (SSSR count). The molecule has 0 spiro atoms. The molecule has 3 aromatic rings. The Bertz CT molecular complexity index is 1040. The lowest BCUT2D eigenvalue weighted by Crippen LogP contribution is -2.14. The lowest BCUT2D eigenvalue weighted by molar-refractivity contribution is -0.117. The van der Waals surface area contributed by atoms with Gasteiger partial charge in [-0.25, -0.2) is 9.37 Å². The van der Waals surface area contributed by atoms with Crippen molar-refractivity contribution >= 4 is 38.2 Å². The zero-order valence-electron chi connectivity index (χ0n) is 14.7. The minimum absolute atomic E-state index is 0.276. The standard InChI is InChI=1S/C21H19FN2OS/c1-11(2)13-5-4-12(3)15(8-13)14-6-7-18-19(9-14)26-21(23-18)24-20(25)16-10-17(16)22/h4-9,16-17H,1,10H2,2-3H3,(H,23,24,25). The van der Waals surface area contributed by atoms with E-state index in [-0.39, 0.29) is 5.91 Å². The van der Waals surface area contributed by atoms with E-state index in [9.17, 15) is 9.18 Å². The van der Waals surface area contributed by atoms with Gasteiger partial charge in [-0.15, -0.1) is 0 Å². The SMILES string of the molecule is C=C(C)c1ccc(C)c(-c2ccc3nc(NC(=O)C4CC4F)sc3c2)c1. The summed E-state index contributed by atoms with van der Waals surface area (Å²) in [6.45, 7) is 8.10. The number of thiazole rings is 1. The summed E-state index contributed by atoms with van der Waals surface area (Å²) in [6, 6.07) is 12.4. The number of nitrogens with one attached hydrogen (secondary N) is 1. The second-order valence-corrected chi connectivity index (χ2v) is 7.89. The van der Waals surface area contributed by atoms with Gasteiger partial charge in [-0.2, -0.15) is 0 Å². The zero-order chi connectivity index (χ0) is 18.4. The fourth-order valence-corrected chi connectivity index (χ4v) is 3.89. The van der Waals surface area contributed by atoms with Crippen LogP contribution in [0.1, 0.15) is 24.5 Å². The number of allylic oxidation sites excluding steroid dienone is 1. The molecule has 2 atom stereocenters. The van der Waals surface area contributed by atoms with E-state index in [1.54, 1.807) is 0 Å². The Morgan fingerprint density at radius 2 is 2.08 bits per heavy atom. The van der Waals surface area contributed by atoms with Crippen LogP contribution in [-0.4, -0.2) is 17.1 Å². The molecule has 0 aliphatic heterocycles. The monoisotopic (exact) mass is 366 g/mol. The van der Waals surface area contributed by atoms with Crippen LogP contribution < -0.4 is 5.32 Å². The Morgan fingerprint density at radius 3 is 2.77 bits per heavy atom. The summed E-state index contributed by atoms with van der Waals surface area (Å²) >= 11 is 1.41. The number of amides is 1. The van der Waals surface area contributed by atoms with E-state index in [0.29, 0.717) is 11.6 Å². The van der Waals surface area contributed by atoms with Crippen LogP contribution in [0, 0.1) is 12.8 Å². The number of carbonyl (C=O) groups excluding carboxylic acids is 1. The molecule has 1 aliphatic rings. The van der Waals surface area contributed by atoms with Gasteiger partial charge >= 0.3 is 0 Å². The highest BCUT2D eigenvalue weighted by Gasteiger charge is 2.43. The van der Waals surface area contributed by atoms with E-state index < -0.39 is 12.1 Å². The minimum Gasteiger partial charge on any atom is -0.302 e. The Morgan fingerprint density at radius 1 is 1.31 bits per heavy atom. The van der Waals surface area contributed by atoms with Crippen molar-refractivity contribution in [3.63, 3.8) is 0 Å². The fraction of sp³-hybridized carbons (Fsp3) is 0.238. The molecule has 1 amide bonds. The Kier molecular flexibility index (Phi) is 4.11. The van der Waals surface area contributed by atoms with Crippen molar-refractivity contribution in [2.75, 3.05) is 5.32 Å². The predicted octanol–water partition coefficient (Wildman–Crippen LogP) is 5.60. The van der Waals surface area contributed by atoms with Crippen LogP contribution in [0.3, 0.4) is 0 Å². The van der Waals surface area contributed by atoms with Crippen LogP contribution in [0.5, 0.6) is 0 Å². The molecule has 0 radical (unpaired) electrons. The highest BCUT2D eigenvalue weighted by molar-refractivity contribution is 7.22. The van der Waals surface area contributed by atoms with Gasteiger partial charge in [0.15, 0.2) is 5.13 Å². The van der Waals surface area contributed by atoms with Gasteiger partial charge in [0.25, 0.3) is 0 Å². The number of aryl methyl sites for hydroxylation is 1. The molecule has 1 aromatic heterocycles. The number of fused-ring (bicyclic) bond motifs is 1. The summed E-state index contributed by atoms with van der Waals surface area (Å²) in [7, 11) is 0. The quantitative estimate of drug-likeness (QED) is 0.653. The van der Waals surface area contributed by atoms with Gasteiger partial charge in [0.2, 0.25) is 5.91 Å². The second-order valence-electron chi connectivity index (χ2n) is 6.86. The summed E-state index contributed by atoms with van der Waals surface area (Å²) in [5, 5.41) is 3.26. The van der Waals surface area contributed by atoms with Gasteiger partial charge in [0.05, 0.1) is 16.1 Å². The number of rotatable bonds is 4. The minimum atomic E-state index is -1.00. The molecule has 0 saturated heterocycles. The van der Waals surface area contributed by atoms with Gasteiger partial charge in [0.1, 0.15) is 6.17 Å². The molecule has 132 valence electrons. The van der Waals surface area contributed by atoms with Crippen molar-refractivity contribution < 1.29 is 9.18 Å². The second kappa shape index (κ2) is 6.32. The van der Waals surface area contributed by atoms with Crippen LogP contribution in [-0.2, 0) is 4.79 Å². The first-order valence-electron chi connectivity index (χ1n) is 8.55. The molecule has 1 N–H and O–H groups in total. The number of hydrogen-bond donors (Lipinski definition) is 1. The van der Waals surface area contributed by atoms with E-state index in [4.69, 9.17) is 0 Å².